The average Bonchev–Trinajstić information content (AvgIpc) is 3.42. The molecule has 5 aromatic rings. The van der Waals surface area contributed by atoms with Gasteiger partial charge in [0, 0.05) is 0 Å². The quantitative estimate of drug-likeness (QED) is 0.360. The highest BCUT2D eigenvalue weighted by Crippen LogP contribution is 2.45. The molecule has 1 aliphatic rings. The van der Waals surface area contributed by atoms with Crippen LogP contribution in [0.5, 0.6) is 11.5 Å². The van der Waals surface area contributed by atoms with E-state index in [-0.39, 0.29) is 16.8 Å². The van der Waals surface area contributed by atoms with Crippen molar-refractivity contribution in [3.8, 4) is 11.5 Å². The van der Waals surface area contributed by atoms with Gasteiger partial charge >= 0.3 is 0 Å². The summed E-state index contributed by atoms with van der Waals surface area (Å²) in [6.07, 6.45) is 0. The van der Waals surface area contributed by atoms with Gasteiger partial charge in [-0.05, 0) is 42.0 Å². The Morgan fingerprint density at radius 3 is 2.50 bits per heavy atom. The van der Waals surface area contributed by atoms with Crippen LogP contribution >= 0.6 is 11.3 Å². The van der Waals surface area contributed by atoms with Crippen LogP contribution in [0.15, 0.2) is 75.9 Å². The number of hydrogen-bond donors (Lipinski definition) is 0. The van der Waals surface area contributed by atoms with E-state index in [1.54, 1.807) is 55.5 Å². The van der Waals surface area contributed by atoms with Crippen LogP contribution in [-0.2, 0) is 0 Å². The number of carbonyl (C=O) groups is 1. The molecule has 0 saturated carbocycles. The Balaban J connectivity index is 1.64. The van der Waals surface area contributed by atoms with Crippen molar-refractivity contribution in [2.45, 2.75) is 6.04 Å². The van der Waals surface area contributed by atoms with Crippen LogP contribution in [-0.4, -0.2) is 25.1 Å². The van der Waals surface area contributed by atoms with Gasteiger partial charge in [-0.15, -0.1) is 0 Å². The van der Waals surface area contributed by atoms with Crippen molar-refractivity contribution in [1.29, 1.82) is 0 Å². The molecule has 1 unspecified atom stereocenters. The van der Waals surface area contributed by atoms with E-state index in [4.69, 9.17) is 18.9 Å². The molecule has 3 heterocycles. The molecule has 0 N–H and O–H groups in total. The third kappa shape index (κ3) is 2.92. The number of nitrogens with zero attached hydrogens (tertiary/aromatic N) is 2. The second-order valence-electron chi connectivity index (χ2n) is 7.83. The maximum Gasteiger partial charge on any atom is 0.297 e. The summed E-state index contributed by atoms with van der Waals surface area (Å²) in [5.41, 5.74) is 1.88. The fraction of sp³-hybridized carbons (Fsp3) is 0.115. The molecule has 168 valence electrons. The molecule has 34 heavy (non-hydrogen) atoms. The largest absolute Gasteiger partial charge is 0.493 e. The number of benzene rings is 3. The van der Waals surface area contributed by atoms with Gasteiger partial charge in [0.05, 0.1) is 41.4 Å². The minimum Gasteiger partial charge on any atom is -0.493 e. The van der Waals surface area contributed by atoms with Crippen LogP contribution in [0, 0.1) is 0 Å². The van der Waals surface area contributed by atoms with Crippen LogP contribution in [0.3, 0.4) is 0 Å². The number of ether oxygens (including phenoxy) is 2. The van der Waals surface area contributed by atoms with Gasteiger partial charge in [0.25, 0.3) is 5.91 Å². The topological polar surface area (TPSA) is 81.9 Å². The lowest BCUT2D eigenvalue weighted by Crippen LogP contribution is -2.29. The first-order valence-electron chi connectivity index (χ1n) is 10.6. The third-order valence-electron chi connectivity index (χ3n) is 5.99. The zero-order valence-corrected chi connectivity index (χ0v) is 19.1. The first-order valence-corrected chi connectivity index (χ1v) is 11.4. The summed E-state index contributed by atoms with van der Waals surface area (Å²) < 4.78 is 17.8. The van der Waals surface area contributed by atoms with Crippen LogP contribution in [0.1, 0.15) is 27.7 Å². The van der Waals surface area contributed by atoms with Gasteiger partial charge in [-0.3, -0.25) is 14.5 Å². The molecule has 3 aromatic carbocycles. The number of carbonyl (C=O) groups excluding carboxylic acids is 1. The Morgan fingerprint density at radius 2 is 1.71 bits per heavy atom. The highest BCUT2D eigenvalue weighted by Gasteiger charge is 2.45. The number of methoxy groups -OCH3 is 2. The first-order chi connectivity index (χ1) is 16.6. The van der Waals surface area contributed by atoms with Crippen molar-refractivity contribution in [3.63, 3.8) is 0 Å². The number of anilines is 1. The Morgan fingerprint density at radius 1 is 0.941 bits per heavy atom. The summed E-state index contributed by atoms with van der Waals surface area (Å²) in [6.45, 7) is 0. The number of aromatic nitrogens is 1. The molecule has 8 heteroatoms. The van der Waals surface area contributed by atoms with Gasteiger partial charge in [-0.25, -0.2) is 4.98 Å². The van der Waals surface area contributed by atoms with Crippen LogP contribution in [0.25, 0.3) is 21.2 Å². The molecule has 0 saturated heterocycles. The second-order valence-corrected chi connectivity index (χ2v) is 8.84. The predicted molar refractivity (Wildman–Crippen MR) is 130 cm³/mol. The van der Waals surface area contributed by atoms with E-state index in [0.29, 0.717) is 33.2 Å². The number of thiazole rings is 1. The standard InChI is InChI=1S/C26H18N2O5S/c1-31-18-12-11-14(13-19(18)32-2)22-21-23(29)15-7-3-5-9-17(15)33-24(21)25(30)28(22)26-27-16-8-4-6-10-20(16)34-26/h3-13,22H,1-2H3. The third-order valence-corrected chi connectivity index (χ3v) is 7.03. The SMILES string of the molecule is COc1ccc(C2c3c(oc4ccccc4c3=O)C(=O)N2c2nc3ccccc3s2)cc1OC. The summed E-state index contributed by atoms with van der Waals surface area (Å²) in [6, 6.07) is 19.2. The molecule has 0 bridgehead atoms. The van der Waals surface area contributed by atoms with Crippen molar-refractivity contribution in [1.82, 2.24) is 4.98 Å². The van der Waals surface area contributed by atoms with Crippen molar-refractivity contribution in [2.75, 3.05) is 19.1 Å². The molecule has 0 aliphatic carbocycles. The van der Waals surface area contributed by atoms with Gasteiger partial charge in [0.2, 0.25) is 5.76 Å². The molecule has 7 nitrogen and oxygen atoms in total. The van der Waals surface area contributed by atoms with E-state index in [1.165, 1.54) is 11.3 Å². The lowest BCUT2D eigenvalue weighted by atomic mass is 9.98. The molecule has 6 rings (SSSR count). The fourth-order valence-corrected chi connectivity index (χ4v) is 5.41. The molecule has 1 amide bonds. The van der Waals surface area contributed by atoms with E-state index in [2.05, 4.69) is 0 Å². The van der Waals surface area contributed by atoms with E-state index in [1.807, 2.05) is 30.3 Å². The maximum absolute atomic E-state index is 13.7. The van der Waals surface area contributed by atoms with E-state index in [0.717, 1.165) is 10.2 Å². The second kappa shape index (κ2) is 7.71. The fourth-order valence-electron chi connectivity index (χ4n) is 4.42. The van der Waals surface area contributed by atoms with Crippen molar-refractivity contribution in [2.24, 2.45) is 0 Å². The van der Waals surface area contributed by atoms with Crippen LogP contribution in [0.2, 0.25) is 0 Å². The summed E-state index contributed by atoms with van der Waals surface area (Å²) in [5.74, 6) is 0.669. The number of fused-ring (bicyclic) bond motifs is 3. The van der Waals surface area contributed by atoms with E-state index >= 15 is 0 Å². The van der Waals surface area contributed by atoms with Crippen molar-refractivity contribution in [3.05, 3.63) is 93.8 Å². The molecule has 0 radical (unpaired) electrons. The highest BCUT2D eigenvalue weighted by molar-refractivity contribution is 7.22. The van der Waals surface area contributed by atoms with E-state index < -0.39 is 11.9 Å². The summed E-state index contributed by atoms with van der Waals surface area (Å²) in [4.78, 5) is 33.6. The van der Waals surface area contributed by atoms with Gasteiger partial charge in [-0.1, -0.05) is 41.7 Å². The van der Waals surface area contributed by atoms with Crippen LogP contribution < -0.4 is 19.8 Å². The van der Waals surface area contributed by atoms with Gasteiger partial charge < -0.3 is 13.9 Å². The Labute approximate surface area is 197 Å². The molecular formula is C26H18N2O5S. The van der Waals surface area contributed by atoms with E-state index in [9.17, 15) is 9.59 Å². The molecule has 2 aromatic heterocycles. The molecule has 0 fully saturated rings. The van der Waals surface area contributed by atoms with Gasteiger partial charge in [0.15, 0.2) is 22.1 Å². The monoisotopic (exact) mass is 470 g/mol. The minimum absolute atomic E-state index is 0.0303. The number of amides is 1. The minimum atomic E-state index is -0.733. The molecule has 1 aliphatic heterocycles. The Bertz CT molecular complexity index is 1620. The lowest BCUT2D eigenvalue weighted by Gasteiger charge is -2.23. The van der Waals surface area contributed by atoms with Crippen LogP contribution in [0.4, 0.5) is 5.13 Å². The Hall–Kier alpha value is -4.17. The summed E-state index contributed by atoms with van der Waals surface area (Å²) in [7, 11) is 3.10. The Kier molecular flexibility index (Phi) is 4.63. The lowest BCUT2D eigenvalue weighted by molar-refractivity contribution is 0.0971. The van der Waals surface area contributed by atoms with Gasteiger partial charge in [0.1, 0.15) is 5.58 Å². The summed E-state index contributed by atoms with van der Waals surface area (Å²) in [5, 5.41) is 0.909. The number of hydrogen-bond acceptors (Lipinski definition) is 7. The highest BCUT2D eigenvalue weighted by atomic mass is 32.1. The molecular weight excluding hydrogens is 452 g/mol. The maximum atomic E-state index is 13.7. The number of rotatable bonds is 4. The normalized spacial score (nSPS) is 15.2. The zero-order chi connectivity index (χ0) is 23.4. The van der Waals surface area contributed by atoms with Gasteiger partial charge in [-0.2, -0.15) is 0 Å². The predicted octanol–water partition coefficient (Wildman–Crippen LogP) is 5.17. The smallest absolute Gasteiger partial charge is 0.297 e. The molecule has 0 spiro atoms. The first kappa shape index (κ1) is 20.4. The average molecular weight is 471 g/mol. The van der Waals surface area contributed by atoms with Crippen molar-refractivity contribution < 1.29 is 18.7 Å². The molecule has 1 atom stereocenters. The summed E-state index contributed by atoms with van der Waals surface area (Å²) >= 11 is 1.39. The zero-order valence-electron chi connectivity index (χ0n) is 18.3. The number of para-hydroxylation sites is 2. The van der Waals surface area contributed by atoms with Crippen molar-refractivity contribution >= 4 is 43.6 Å².